The SMILES string of the molecule is COCC(C)NC(=O)c1cc2ccccc2c(NN)n1. The van der Waals surface area contributed by atoms with Crippen molar-refractivity contribution >= 4 is 22.5 Å². The van der Waals surface area contributed by atoms with E-state index in [2.05, 4.69) is 15.7 Å². The molecule has 1 atom stereocenters. The molecule has 2 rings (SSSR count). The second-order valence-corrected chi connectivity index (χ2v) is 4.55. The van der Waals surface area contributed by atoms with E-state index in [1.54, 1.807) is 13.2 Å². The quantitative estimate of drug-likeness (QED) is 0.564. The van der Waals surface area contributed by atoms with Crippen LogP contribution in [-0.2, 0) is 4.74 Å². The van der Waals surface area contributed by atoms with Gasteiger partial charge in [0.25, 0.3) is 5.91 Å². The van der Waals surface area contributed by atoms with E-state index in [-0.39, 0.29) is 11.9 Å². The second kappa shape index (κ2) is 6.31. The molecular formula is C14H18N4O2. The summed E-state index contributed by atoms with van der Waals surface area (Å²) in [6, 6.07) is 9.25. The van der Waals surface area contributed by atoms with E-state index >= 15 is 0 Å². The van der Waals surface area contributed by atoms with Crippen molar-refractivity contribution in [2.24, 2.45) is 5.84 Å². The summed E-state index contributed by atoms with van der Waals surface area (Å²) in [6.45, 7) is 2.31. The van der Waals surface area contributed by atoms with Crippen molar-refractivity contribution in [3.05, 3.63) is 36.0 Å². The van der Waals surface area contributed by atoms with Gasteiger partial charge in [0.15, 0.2) is 0 Å². The predicted octanol–water partition coefficient (Wildman–Crippen LogP) is 1.29. The van der Waals surface area contributed by atoms with Crippen LogP contribution in [-0.4, -0.2) is 30.6 Å². The summed E-state index contributed by atoms with van der Waals surface area (Å²) in [5, 5.41) is 4.59. The zero-order valence-corrected chi connectivity index (χ0v) is 11.5. The van der Waals surface area contributed by atoms with Crippen LogP contribution < -0.4 is 16.6 Å². The largest absolute Gasteiger partial charge is 0.383 e. The minimum atomic E-state index is -0.253. The highest BCUT2D eigenvalue weighted by atomic mass is 16.5. The van der Waals surface area contributed by atoms with Crippen molar-refractivity contribution in [3.63, 3.8) is 0 Å². The fourth-order valence-electron chi connectivity index (χ4n) is 2.01. The molecule has 0 saturated carbocycles. The van der Waals surface area contributed by atoms with Crippen LogP contribution in [0.25, 0.3) is 10.8 Å². The van der Waals surface area contributed by atoms with Gasteiger partial charge < -0.3 is 15.5 Å². The molecule has 1 aromatic carbocycles. The van der Waals surface area contributed by atoms with Gasteiger partial charge in [-0.1, -0.05) is 24.3 Å². The number of benzene rings is 1. The highest BCUT2D eigenvalue weighted by Gasteiger charge is 2.13. The van der Waals surface area contributed by atoms with Crippen molar-refractivity contribution in [2.45, 2.75) is 13.0 Å². The number of nitrogens with two attached hydrogens (primary N) is 1. The van der Waals surface area contributed by atoms with Crippen LogP contribution in [0.4, 0.5) is 5.82 Å². The molecule has 1 heterocycles. The van der Waals surface area contributed by atoms with Gasteiger partial charge in [0.1, 0.15) is 11.5 Å². The maximum Gasteiger partial charge on any atom is 0.270 e. The molecular weight excluding hydrogens is 256 g/mol. The van der Waals surface area contributed by atoms with Crippen LogP contribution in [0.2, 0.25) is 0 Å². The number of aromatic nitrogens is 1. The molecule has 0 spiro atoms. The number of hydrogen-bond acceptors (Lipinski definition) is 5. The lowest BCUT2D eigenvalue weighted by Crippen LogP contribution is -2.36. The topological polar surface area (TPSA) is 89.3 Å². The van der Waals surface area contributed by atoms with Gasteiger partial charge in [0.05, 0.1) is 6.61 Å². The predicted molar refractivity (Wildman–Crippen MR) is 78.4 cm³/mol. The van der Waals surface area contributed by atoms with Gasteiger partial charge in [-0.3, -0.25) is 4.79 Å². The molecule has 20 heavy (non-hydrogen) atoms. The minimum absolute atomic E-state index is 0.0879. The molecule has 0 aliphatic carbocycles. The van der Waals surface area contributed by atoms with Crippen LogP contribution in [0.5, 0.6) is 0 Å². The van der Waals surface area contributed by atoms with E-state index in [0.29, 0.717) is 18.1 Å². The normalized spacial score (nSPS) is 12.2. The van der Waals surface area contributed by atoms with Crippen LogP contribution in [0.3, 0.4) is 0 Å². The van der Waals surface area contributed by atoms with E-state index in [9.17, 15) is 4.79 Å². The molecule has 0 fully saturated rings. The summed E-state index contributed by atoms with van der Waals surface area (Å²) in [5.41, 5.74) is 2.85. The molecule has 0 aliphatic heterocycles. The Hall–Kier alpha value is -2.18. The zero-order chi connectivity index (χ0) is 14.5. The van der Waals surface area contributed by atoms with Gasteiger partial charge in [-0.05, 0) is 18.4 Å². The summed E-state index contributed by atoms with van der Waals surface area (Å²) < 4.78 is 4.99. The standard InChI is InChI=1S/C14H18N4O2/c1-9(8-20-2)16-14(19)12-7-10-5-3-4-6-11(10)13(17-12)18-15/h3-7,9H,8,15H2,1-2H3,(H,16,19)(H,17,18). The number of ether oxygens (including phenoxy) is 1. The Kier molecular flexibility index (Phi) is 4.49. The third kappa shape index (κ3) is 3.04. The lowest BCUT2D eigenvalue weighted by atomic mass is 10.1. The molecule has 0 radical (unpaired) electrons. The van der Waals surface area contributed by atoms with E-state index < -0.39 is 0 Å². The molecule has 4 N–H and O–H groups in total. The number of nitrogens with one attached hydrogen (secondary N) is 2. The maximum absolute atomic E-state index is 12.1. The molecule has 2 aromatic rings. The Labute approximate surface area is 117 Å². The molecule has 0 saturated heterocycles. The fraction of sp³-hybridized carbons (Fsp3) is 0.286. The number of hydrazine groups is 1. The third-order valence-corrected chi connectivity index (χ3v) is 2.90. The van der Waals surface area contributed by atoms with Crippen molar-refractivity contribution in [3.8, 4) is 0 Å². The number of methoxy groups -OCH3 is 1. The zero-order valence-electron chi connectivity index (χ0n) is 11.5. The first-order chi connectivity index (χ1) is 9.65. The maximum atomic E-state index is 12.1. The summed E-state index contributed by atoms with van der Waals surface area (Å²) in [6.07, 6.45) is 0. The summed E-state index contributed by atoms with van der Waals surface area (Å²) >= 11 is 0. The highest BCUT2D eigenvalue weighted by molar-refractivity contribution is 6.00. The summed E-state index contributed by atoms with van der Waals surface area (Å²) in [4.78, 5) is 16.4. The van der Waals surface area contributed by atoms with Crippen molar-refractivity contribution < 1.29 is 9.53 Å². The molecule has 0 bridgehead atoms. The first-order valence-electron chi connectivity index (χ1n) is 6.32. The molecule has 6 nitrogen and oxygen atoms in total. The number of fused-ring (bicyclic) bond motifs is 1. The van der Waals surface area contributed by atoms with Gasteiger partial charge in [-0.15, -0.1) is 0 Å². The van der Waals surface area contributed by atoms with E-state index in [1.807, 2.05) is 31.2 Å². The number of hydrogen-bond donors (Lipinski definition) is 3. The third-order valence-electron chi connectivity index (χ3n) is 2.90. The smallest absolute Gasteiger partial charge is 0.270 e. The number of carbonyl (C=O) groups is 1. The Morgan fingerprint density at radius 3 is 2.90 bits per heavy atom. The van der Waals surface area contributed by atoms with Crippen molar-refractivity contribution in [2.75, 3.05) is 19.1 Å². The average Bonchev–Trinajstić information content (AvgIpc) is 2.46. The van der Waals surface area contributed by atoms with Crippen molar-refractivity contribution in [1.82, 2.24) is 10.3 Å². The lowest BCUT2D eigenvalue weighted by Gasteiger charge is -2.13. The van der Waals surface area contributed by atoms with Crippen molar-refractivity contribution in [1.29, 1.82) is 0 Å². The Bertz CT molecular complexity index is 615. The Morgan fingerprint density at radius 2 is 2.20 bits per heavy atom. The van der Waals surface area contributed by atoms with Gasteiger partial charge >= 0.3 is 0 Å². The molecule has 106 valence electrons. The molecule has 0 aliphatic rings. The first kappa shape index (κ1) is 14.2. The summed E-state index contributed by atoms with van der Waals surface area (Å²) in [7, 11) is 1.59. The molecule has 6 heteroatoms. The van der Waals surface area contributed by atoms with E-state index in [1.165, 1.54) is 0 Å². The monoisotopic (exact) mass is 274 g/mol. The number of nitrogen functional groups attached to an aromatic ring is 1. The number of carbonyl (C=O) groups excluding carboxylic acids is 1. The number of amides is 1. The lowest BCUT2D eigenvalue weighted by molar-refractivity contribution is 0.0901. The van der Waals surface area contributed by atoms with Crippen LogP contribution >= 0.6 is 0 Å². The number of pyridine rings is 1. The average molecular weight is 274 g/mol. The first-order valence-corrected chi connectivity index (χ1v) is 6.32. The van der Waals surface area contributed by atoms with Crippen LogP contribution in [0, 0.1) is 0 Å². The second-order valence-electron chi connectivity index (χ2n) is 4.55. The molecule has 1 unspecified atom stereocenters. The number of nitrogens with zero attached hydrogens (tertiary/aromatic N) is 1. The van der Waals surface area contributed by atoms with Gasteiger partial charge in [0.2, 0.25) is 0 Å². The van der Waals surface area contributed by atoms with Crippen LogP contribution in [0.15, 0.2) is 30.3 Å². The number of rotatable bonds is 5. The Morgan fingerprint density at radius 1 is 1.45 bits per heavy atom. The van der Waals surface area contributed by atoms with E-state index in [0.717, 1.165) is 10.8 Å². The van der Waals surface area contributed by atoms with Gasteiger partial charge in [0, 0.05) is 18.5 Å². The van der Waals surface area contributed by atoms with E-state index in [4.69, 9.17) is 10.6 Å². The van der Waals surface area contributed by atoms with Gasteiger partial charge in [-0.2, -0.15) is 0 Å². The Balaban J connectivity index is 2.32. The van der Waals surface area contributed by atoms with Crippen LogP contribution in [0.1, 0.15) is 17.4 Å². The summed E-state index contributed by atoms with van der Waals surface area (Å²) in [5.74, 6) is 5.70. The fourth-order valence-corrected chi connectivity index (χ4v) is 2.01. The highest BCUT2D eigenvalue weighted by Crippen LogP contribution is 2.21. The molecule has 1 aromatic heterocycles. The number of anilines is 1. The molecule has 1 amide bonds. The van der Waals surface area contributed by atoms with Gasteiger partial charge in [-0.25, -0.2) is 10.8 Å². The minimum Gasteiger partial charge on any atom is -0.383 e.